The van der Waals surface area contributed by atoms with Crippen LogP contribution in [0.2, 0.25) is 0 Å². The summed E-state index contributed by atoms with van der Waals surface area (Å²) in [6.07, 6.45) is -1.53. The molecule has 0 aromatic carbocycles. The highest BCUT2D eigenvalue weighted by Gasteiger charge is 2.27. The van der Waals surface area contributed by atoms with E-state index in [0.717, 1.165) is 0 Å². The Hall–Kier alpha value is -3.51. The van der Waals surface area contributed by atoms with Crippen molar-refractivity contribution in [3.05, 3.63) is 42.0 Å². The van der Waals surface area contributed by atoms with Crippen LogP contribution in [0.4, 0.5) is 13.2 Å². The van der Waals surface area contributed by atoms with Crippen LogP contribution >= 0.6 is 0 Å². The molecule has 0 atom stereocenters. The summed E-state index contributed by atoms with van der Waals surface area (Å²) in [5, 5.41) is 9.15. The molecule has 0 bridgehead atoms. The zero-order chi connectivity index (χ0) is 22.6. The van der Waals surface area contributed by atoms with Gasteiger partial charge in [0.2, 0.25) is 17.5 Å². The molecule has 2 N–H and O–H groups in total. The number of hydrogen-bond donors (Lipinski definition) is 2. The number of hydrogen-bond acceptors (Lipinski definition) is 6. The zero-order valence-electron chi connectivity index (χ0n) is 16.8. The Kier molecular flexibility index (Phi) is 6.51. The molecule has 3 heterocycles. The van der Waals surface area contributed by atoms with Crippen molar-refractivity contribution in [2.45, 2.75) is 52.0 Å². The van der Waals surface area contributed by atoms with E-state index >= 15 is 0 Å². The van der Waals surface area contributed by atoms with E-state index in [2.05, 4.69) is 30.7 Å². The Bertz CT molecular complexity index is 1070. The summed E-state index contributed by atoms with van der Waals surface area (Å²) in [6, 6.07) is 1.60. The molecule has 0 saturated carbocycles. The van der Waals surface area contributed by atoms with Gasteiger partial charge in [0.25, 0.3) is 5.91 Å². The molecule has 0 unspecified atom stereocenters. The summed E-state index contributed by atoms with van der Waals surface area (Å²) in [4.78, 5) is 36.4. The number of nitrogens with zero attached hydrogens (tertiary/aromatic N) is 6. The van der Waals surface area contributed by atoms with E-state index in [9.17, 15) is 22.8 Å². The van der Waals surface area contributed by atoms with Gasteiger partial charge in [0.05, 0.1) is 30.9 Å². The smallest absolute Gasteiger partial charge is 0.350 e. The minimum atomic E-state index is -4.37. The third-order valence-electron chi connectivity index (χ3n) is 4.23. The lowest BCUT2D eigenvalue weighted by Gasteiger charge is -2.08. The molecule has 2 amide bonds. The topological polar surface area (TPSA) is 119 Å². The van der Waals surface area contributed by atoms with Crippen LogP contribution in [0.1, 0.15) is 54.7 Å². The highest BCUT2D eigenvalue weighted by molar-refractivity contribution is 5.90. The number of amides is 2. The first-order valence-corrected chi connectivity index (χ1v) is 9.47. The van der Waals surface area contributed by atoms with Crippen LogP contribution in [-0.2, 0) is 17.9 Å². The normalized spacial score (nSPS) is 11.8. The third kappa shape index (κ3) is 5.99. The standard InChI is InChI=1S/C18H21F3N8O2/c1-11(2)29-15(24-10-25-29)16(31)23-8-13-9-28-6-4-12(26-17(28)27-13)7-22-14(30)3-5-18(19,20)21/h4,6,9-11H,3,5,7-8H2,1-2H3,(H,22,30)(H,23,31). The predicted molar refractivity (Wildman–Crippen MR) is 102 cm³/mol. The van der Waals surface area contributed by atoms with Crippen molar-refractivity contribution in [2.75, 3.05) is 0 Å². The first kappa shape index (κ1) is 22.2. The van der Waals surface area contributed by atoms with Crippen molar-refractivity contribution < 1.29 is 22.8 Å². The number of carbonyl (C=O) groups is 2. The number of halogens is 3. The van der Waals surface area contributed by atoms with Crippen molar-refractivity contribution in [2.24, 2.45) is 0 Å². The van der Waals surface area contributed by atoms with Gasteiger partial charge in [0, 0.05) is 24.9 Å². The lowest BCUT2D eigenvalue weighted by Crippen LogP contribution is -2.27. The second kappa shape index (κ2) is 9.10. The lowest BCUT2D eigenvalue weighted by atomic mass is 10.3. The van der Waals surface area contributed by atoms with Crippen LogP contribution in [-0.4, -0.2) is 47.1 Å². The largest absolute Gasteiger partial charge is 0.389 e. The highest BCUT2D eigenvalue weighted by Crippen LogP contribution is 2.21. The predicted octanol–water partition coefficient (Wildman–Crippen LogP) is 1.79. The minimum Gasteiger partial charge on any atom is -0.350 e. The summed E-state index contributed by atoms with van der Waals surface area (Å²) in [5.74, 6) is -0.574. The molecule has 3 rings (SSSR count). The maximum absolute atomic E-state index is 12.3. The molecule has 0 fully saturated rings. The van der Waals surface area contributed by atoms with Crippen LogP contribution in [0.15, 0.2) is 24.8 Å². The van der Waals surface area contributed by atoms with Crippen LogP contribution in [0.5, 0.6) is 0 Å². The third-order valence-corrected chi connectivity index (χ3v) is 4.23. The van der Waals surface area contributed by atoms with E-state index in [1.165, 1.54) is 11.0 Å². The fraction of sp³-hybridized carbons (Fsp3) is 0.444. The van der Waals surface area contributed by atoms with Crippen molar-refractivity contribution in [3.8, 4) is 0 Å². The summed E-state index contributed by atoms with van der Waals surface area (Å²) in [5.41, 5.74) is 0.988. The van der Waals surface area contributed by atoms with Crippen molar-refractivity contribution >= 4 is 17.6 Å². The summed E-state index contributed by atoms with van der Waals surface area (Å²) in [7, 11) is 0. The SMILES string of the molecule is CC(C)n1ncnc1C(=O)NCc1cn2ccc(CNC(=O)CCC(F)(F)F)nc2n1. The van der Waals surface area contributed by atoms with Gasteiger partial charge in [-0.3, -0.25) is 14.0 Å². The number of imidazole rings is 1. The maximum Gasteiger partial charge on any atom is 0.389 e. The average Bonchev–Trinajstić information content (AvgIpc) is 3.34. The zero-order valence-corrected chi connectivity index (χ0v) is 16.8. The molecule has 3 aromatic heterocycles. The number of aromatic nitrogens is 6. The quantitative estimate of drug-likeness (QED) is 0.554. The van der Waals surface area contributed by atoms with Crippen LogP contribution in [0.3, 0.4) is 0 Å². The Balaban J connectivity index is 1.57. The Morgan fingerprint density at radius 2 is 1.84 bits per heavy atom. The van der Waals surface area contributed by atoms with E-state index in [-0.39, 0.29) is 25.0 Å². The molecule has 31 heavy (non-hydrogen) atoms. The van der Waals surface area contributed by atoms with Crippen LogP contribution in [0, 0.1) is 0 Å². The van der Waals surface area contributed by atoms with Gasteiger partial charge in [-0.15, -0.1) is 0 Å². The number of nitrogens with one attached hydrogen (secondary N) is 2. The van der Waals surface area contributed by atoms with Gasteiger partial charge in [-0.25, -0.2) is 19.6 Å². The fourth-order valence-electron chi connectivity index (χ4n) is 2.71. The first-order valence-electron chi connectivity index (χ1n) is 9.47. The molecule has 13 heteroatoms. The molecule has 0 radical (unpaired) electrons. The van der Waals surface area contributed by atoms with Crippen LogP contribution < -0.4 is 10.6 Å². The first-order chi connectivity index (χ1) is 14.6. The second-order valence-corrected chi connectivity index (χ2v) is 7.05. The molecule has 10 nitrogen and oxygen atoms in total. The van der Waals surface area contributed by atoms with Crippen molar-refractivity contribution in [1.82, 2.24) is 39.8 Å². The van der Waals surface area contributed by atoms with Gasteiger partial charge in [0.1, 0.15) is 6.33 Å². The summed E-state index contributed by atoms with van der Waals surface area (Å²) < 4.78 is 39.6. The van der Waals surface area contributed by atoms with E-state index in [1.54, 1.807) is 22.9 Å². The minimum absolute atomic E-state index is 0.0169. The van der Waals surface area contributed by atoms with Crippen molar-refractivity contribution in [3.63, 3.8) is 0 Å². The average molecular weight is 438 g/mol. The lowest BCUT2D eigenvalue weighted by molar-refractivity contribution is -0.144. The Morgan fingerprint density at radius 3 is 2.55 bits per heavy atom. The van der Waals surface area contributed by atoms with Crippen LogP contribution in [0.25, 0.3) is 5.78 Å². The van der Waals surface area contributed by atoms with Gasteiger partial charge in [0.15, 0.2) is 0 Å². The van der Waals surface area contributed by atoms with Gasteiger partial charge in [-0.05, 0) is 19.9 Å². The van der Waals surface area contributed by atoms with E-state index in [4.69, 9.17) is 0 Å². The number of fused-ring (bicyclic) bond motifs is 1. The molecule has 0 aliphatic heterocycles. The number of carbonyl (C=O) groups excluding carboxylic acids is 2. The molecular formula is C18H21F3N8O2. The van der Waals surface area contributed by atoms with Crippen molar-refractivity contribution in [1.29, 1.82) is 0 Å². The number of alkyl halides is 3. The van der Waals surface area contributed by atoms with Gasteiger partial charge in [-0.2, -0.15) is 18.3 Å². The van der Waals surface area contributed by atoms with Gasteiger partial charge in [-0.1, -0.05) is 0 Å². The molecule has 3 aromatic rings. The highest BCUT2D eigenvalue weighted by atomic mass is 19.4. The fourth-order valence-corrected chi connectivity index (χ4v) is 2.71. The summed E-state index contributed by atoms with van der Waals surface area (Å²) >= 11 is 0. The Labute approximate surface area is 174 Å². The Morgan fingerprint density at radius 1 is 1.13 bits per heavy atom. The van der Waals surface area contributed by atoms with E-state index < -0.39 is 30.8 Å². The maximum atomic E-state index is 12.3. The van der Waals surface area contributed by atoms with E-state index in [1.807, 2.05) is 13.8 Å². The second-order valence-electron chi connectivity index (χ2n) is 7.05. The van der Waals surface area contributed by atoms with Gasteiger partial charge >= 0.3 is 6.18 Å². The molecule has 0 spiro atoms. The molecule has 0 saturated heterocycles. The van der Waals surface area contributed by atoms with Gasteiger partial charge < -0.3 is 10.6 Å². The molecule has 166 valence electrons. The molecular weight excluding hydrogens is 417 g/mol. The molecule has 0 aliphatic carbocycles. The number of rotatable bonds is 8. The van der Waals surface area contributed by atoms with E-state index in [0.29, 0.717) is 17.2 Å². The molecule has 0 aliphatic rings. The summed E-state index contributed by atoms with van der Waals surface area (Å²) in [6.45, 7) is 3.89. The monoisotopic (exact) mass is 438 g/mol.